The van der Waals surface area contributed by atoms with Crippen molar-refractivity contribution in [1.82, 2.24) is 4.90 Å². The molecule has 4 rings (SSSR count). The molecule has 0 radical (unpaired) electrons. The Morgan fingerprint density at radius 1 is 1.11 bits per heavy atom. The number of nitrogens with one attached hydrogen (secondary N) is 1. The standard InChI is InChI=1S/C21H25N3O4/c1-23(13-16-6-7-19-20(12-16)28-15-27-19)14-21(25)22-17-4-2-3-5-18(17)24-8-10-26-11-9-24/h2-7,12H,8-11,13-15H2,1H3,(H,22,25). The van der Waals surface area contributed by atoms with Crippen molar-refractivity contribution < 1.29 is 19.0 Å². The van der Waals surface area contributed by atoms with Gasteiger partial charge in [-0.25, -0.2) is 0 Å². The fourth-order valence-corrected chi connectivity index (χ4v) is 3.50. The molecule has 148 valence electrons. The number of fused-ring (bicyclic) bond motifs is 1. The zero-order valence-corrected chi connectivity index (χ0v) is 16.0. The van der Waals surface area contributed by atoms with Gasteiger partial charge in [-0.1, -0.05) is 18.2 Å². The molecule has 0 atom stereocenters. The summed E-state index contributed by atoms with van der Waals surface area (Å²) < 4.78 is 16.2. The van der Waals surface area contributed by atoms with Crippen molar-refractivity contribution in [1.29, 1.82) is 0 Å². The second kappa shape index (κ2) is 8.50. The molecule has 2 aliphatic rings. The summed E-state index contributed by atoms with van der Waals surface area (Å²) in [6.07, 6.45) is 0. The van der Waals surface area contributed by atoms with Crippen LogP contribution in [0, 0.1) is 0 Å². The molecule has 2 heterocycles. The third-order valence-electron chi connectivity index (χ3n) is 4.83. The Balaban J connectivity index is 1.35. The summed E-state index contributed by atoms with van der Waals surface area (Å²) in [4.78, 5) is 16.8. The van der Waals surface area contributed by atoms with Crippen LogP contribution < -0.4 is 19.7 Å². The molecule has 7 heteroatoms. The van der Waals surface area contributed by atoms with Crippen LogP contribution in [0.1, 0.15) is 5.56 Å². The number of hydrogen-bond acceptors (Lipinski definition) is 6. The van der Waals surface area contributed by atoms with E-state index in [1.54, 1.807) is 0 Å². The number of ether oxygens (including phenoxy) is 3. The van der Waals surface area contributed by atoms with Gasteiger partial charge in [-0.15, -0.1) is 0 Å². The Morgan fingerprint density at radius 3 is 2.75 bits per heavy atom. The largest absolute Gasteiger partial charge is 0.454 e. The van der Waals surface area contributed by atoms with E-state index < -0.39 is 0 Å². The second-order valence-corrected chi connectivity index (χ2v) is 7.02. The zero-order valence-electron chi connectivity index (χ0n) is 16.0. The lowest BCUT2D eigenvalue weighted by molar-refractivity contribution is -0.117. The minimum Gasteiger partial charge on any atom is -0.454 e. The molecule has 28 heavy (non-hydrogen) atoms. The van der Waals surface area contributed by atoms with Crippen molar-refractivity contribution in [3.63, 3.8) is 0 Å². The van der Waals surface area contributed by atoms with Gasteiger partial charge in [0.15, 0.2) is 11.5 Å². The first-order valence-corrected chi connectivity index (χ1v) is 9.48. The molecule has 1 saturated heterocycles. The molecular formula is C21H25N3O4. The number of rotatable bonds is 6. The van der Waals surface area contributed by atoms with E-state index in [0.717, 1.165) is 41.5 Å². The predicted molar refractivity (Wildman–Crippen MR) is 107 cm³/mol. The summed E-state index contributed by atoms with van der Waals surface area (Å²) in [5, 5.41) is 3.06. The van der Waals surface area contributed by atoms with Gasteiger partial charge in [0.2, 0.25) is 12.7 Å². The van der Waals surface area contributed by atoms with Crippen LogP contribution in [-0.4, -0.2) is 57.5 Å². The smallest absolute Gasteiger partial charge is 0.238 e. The van der Waals surface area contributed by atoms with Crippen LogP contribution in [0.15, 0.2) is 42.5 Å². The summed E-state index contributed by atoms with van der Waals surface area (Å²) in [6, 6.07) is 13.8. The van der Waals surface area contributed by atoms with Crippen molar-refractivity contribution in [2.45, 2.75) is 6.54 Å². The number of para-hydroxylation sites is 2. The lowest BCUT2D eigenvalue weighted by Crippen LogP contribution is -2.37. The van der Waals surface area contributed by atoms with E-state index in [4.69, 9.17) is 14.2 Å². The summed E-state index contributed by atoms with van der Waals surface area (Å²) in [5.41, 5.74) is 2.96. The number of nitrogens with zero attached hydrogens (tertiary/aromatic N) is 2. The third kappa shape index (κ3) is 4.37. The molecule has 0 spiro atoms. The molecule has 2 aromatic rings. The molecule has 0 aliphatic carbocycles. The van der Waals surface area contributed by atoms with Gasteiger partial charge in [0.05, 0.1) is 31.1 Å². The van der Waals surface area contributed by atoms with Crippen molar-refractivity contribution in [3.8, 4) is 11.5 Å². The van der Waals surface area contributed by atoms with Gasteiger partial charge in [-0.05, 0) is 36.9 Å². The van der Waals surface area contributed by atoms with Crippen LogP contribution in [-0.2, 0) is 16.1 Å². The Morgan fingerprint density at radius 2 is 1.89 bits per heavy atom. The van der Waals surface area contributed by atoms with E-state index in [2.05, 4.69) is 10.2 Å². The Bertz CT molecular complexity index is 836. The molecule has 0 unspecified atom stereocenters. The number of carbonyl (C=O) groups is 1. The van der Waals surface area contributed by atoms with Gasteiger partial charge < -0.3 is 24.4 Å². The van der Waals surface area contributed by atoms with Crippen molar-refractivity contribution in [2.24, 2.45) is 0 Å². The van der Waals surface area contributed by atoms with E-state index in [-0.39, 0.29) is 12.7 Å². The molecule has 2 aliphatic heterocycles. The second-order valence-electron chi connectivity index (χ2n) is 7.02. The van der Waals surface area contributed by atoms with Gasteiger partial charge in [0.25, 0.3) is 0 Å². The first-order chi connectivity index (χ1) is 13.7. The monoisotopic (exact) mass is 383 g/mol. The molecule has 0 bridgehead atoms. The van der Waals surface area contributed by atoms with Gasteiger partial charge in [-0.3, -0.25) is 9.69 Å². The van der Waals surface area contributed by atoms with Crippen molar-refractivity contribution in [3.05, 3.63) is 48.0 Å². The summed E-state index contributed by atoms with van der Waals surface area (Å²) in [5.74, 6) is 1.49. The highest BCUT2D eigenvalue weighted by atomic mass is 16.7. The molecular weight excluding hydrogens is 358 g/mol. The quantitative estimate of drug-likeness (QED) is 0.826. The lowest BCUT2D eigenvalue weighted by Gasteiger charge is -2.30. The van der Waals surface area contributed by atoms with E-state index in [0.29, 0.717) is 26.3 Å². The number of hydrogen-bond donors (Lipinski definition) is 1. The Kier molecular flexibility index (Phi) is 5.64. The van der Waals surface area contributed by atoms with Gasteiger partial charge in [0.1, 0.15) is 0 Å². The predicted octanol–water partition coefficient (Wildman–Crippen LogP) is 2.32. The maximum absolute atomic E-state index is 12.6. The van der Waals surface area contributed by atoms with Gasteiger partial charge in [-0.2, -0.15) is 0 Å². The first-order valence-electron chi connectivity index (χ1n) is 9.48. The Labute approximate surface area is 164 Å². The number of morpholine rings is 1. The number of anilines is 2. The van der Waals surface area contributed by atoms with Crippen LogP contribution in [0.4, 0.5) is 11.4 Å². The first kappa shape index (κ1) is 18.6. The van der Waals surface area contributed by atoms with Gasteiger partial charge in [0, 0.05) is 19.6 Å². The van der Waals surface area contributed by atoms with E-state index in [9.17, 15) is 4.79 Å². The minimum atomic E-state index is -0.0380. The number of carbonyl (C=O) groups excluding carboxylic acids is 1. The number of likely N-dealkylation sites (N-methyl/N-ethyl adjacent to an activating group) is 1. The highest BCUT2D eigenvalue weighted by molar-refractivity contribution is 5.95. The fourth-order valence-electron chi connectivity index (χ4n) is 3.50. The number of benzene rings is 2. The maximum Gasteiger partial charge on any atom is 0.238 e. The molecule has 0 aromatic heterocycles. The van der Waals surface area contributed by atoms with E-state index in [1.807, 2.05) is 54.4 Å². The molecule has 1 amide bonds. The van der Waals surface area contributed by atoms with E-state index in [1.165, 1.54) is 0 Å². The molecule has 2 aromatic carbocycles. The van der Waals surface area contributed by atoms with Crippen LogP contribution in [0.2, 0.25) is 0 Å². The normalized spacial score (nSPS) is 15.7. The number of amides is 1. The van der Waals surface area contributed by atoms with Gasteiger partial charge >= 0.3 is 0 Å². The fraction of sp³-hybridized carbons (Fsp3) is 0.381. The lowest BCUT2D eigenvalue weighted by atomic mass is 10.2. The maximum atomic E-state index is 12.6. The van der Waals surface area contributed by atoms with Crippen LogP contribution >= 0.6 is 0 Å². The highest BCUT2D eigenvalue weighted by Gasteiger charge is 2.17. The average molecular weight is 383 g/mol. The summed E-state index contributed by atoms with van der Waals surface area (Å²) in [7, 11) is 1.93. The highest BCUT2D eigenvalue weighted by Crippen LogP contribution is 2.32. The Hall–Kier alpha value is -2.77. The average Bonchev–Trinajstić information content (AvgIpc) is 3.16. The topological polar surface area (TPSA) is 63.3 Å². The molecule has 0 saturated carbocycles. The van der Waals surface area contributed by atoms with Crippen LogP contribution in [0.25, 0.3) is 0 Å². The SMILES string of the molecule is CN(CC(=O)Nc1ccccc1N1CCOCC1)Cc1ccc2c(c1)OCO2. The van der Waals surface area contributed by atoms with Crippen LogP contribution in [0.3, 0.4) is 0 Å². The van der Waals surface area contributed by atoms with Crippen molar-refractivity contribution in [2.75, 3.05) is 56.9 Å². The van der Waals surface area contributed by atoms with Crippen molar-refractivity contribution >= 4 is 17.3 Å². The molecule has 1 N–H and O–H groups in total. The minimum absolute atomic E-state index is 0.0380. The summed E-state index contributed by atoms with van der Waals surface area (Å²) in [6.45, 7) is 4.29. The van der Waals surface area contributed by atoms with E-state index >= 15 is 0 Å². The zero-order chi connectivity index (χ0) is 19.3. The van der Waals surface area contributed by atoms with Crippen LogP contribution in [0.5, 0.6) is 11.5 Å². The third-order valence-corrected chi connectivity index (χ3v) is 4.83. The molecule has 1 fully saturated rings. The summed E-state index contributed by atoms with van der Waals surface area (Å²) >= 11 is 0. The molecule has 7 nitrogen and oxygen atoms in total.